The van der Waals surface area contributed by atoms with Crippen LogP contribution in [0, 0.1) is 0 Å². The lowest BCUT2D eigenvalue weighted by Crippen LogP contribution is -2.23. The van der Waals surface area contributed by atoms with E-state index in [0.29, 0.717) is 5.92 Å². The molecular weight excluding hydrogens is 262 g/mol. The molecule has 0 spiro atoms. The molecule has 2 aromatic rings. The van der Waals surface area contributed by atoms with Crippen molar-refractivity contribution in [1.29, 1.82) is 0 Å². The zero-order valence-electron chi connectivity index (χ0n) is 12.6. The van der Waals surface area contributed by atoms with E-state index in [1.165, 1.54) is 21.9 Å². The highest BCUT2D eigenvalue weighted by molar-refractivity contribution is 5.92. The number of aryl methyl sites for hydroxylation is 1. The Kier molecular flexibility index (Phi) is 3.82. The molecule has 21 heavy (non-hydrogen) atoms. The van der Waals surface area contributed by atoms with Gasteiger partial charge in [-0.1, -0.05) is 24.3 Å². The van der Waals surface area contributed by atoms with Crippen LogP contribution in [0.1, 0.15) is 36.8 Å². The first-order valence-corrected chi connectivity index (χ1v) is 7.53. The van der Waals surface area contributed by atoms with Gasteiger partial charge in [0, 0.05) is 19.0 Å². The smallest absolute Gasteiger partial charge is 0.216 e. The molecule has 3 rings (SSSR count). The summed E-state index contributed by atoms with van der Waals surface area (Å²) in [6.07, 6.45) is 3.16. The highest BCUT2D eigenvalue weighted by Crippen LogP contribution is 2.41. The first-order valence-electron chi connectivity index (χ1n) is 7.53. The Morgan fingerprint density at radius 1 is 1.33 bits per heavy atom. The Hall–Kier alpha value is -2.03. The summed E-state index contributed by atoms with van der Waals surface area (Å²) in [4.78, 5) is 11.0. The largest absolute Gasteiger partial charge is 0.496 e. The molecule has 0 saturated heterocycles. The molecule has 0 saturated carbocycles. The fourth-order valence-corrected chi connectivity index (χ4v) is 3.44. The number of methoxy groups -OCH3 is 1. The number of rotatable bonds is 4. The van der Waals surface area contributed by atoms with Crippen LogP contribution in [0.15, 0.2) is 30.3 Å². The summed E-state index contributed by atoms with van der Waals surface area (Å²) in [6, 6.07) is 10.7. The lowest BCUT2D eigenvalue weighted by molar-refractivity contribution is -0.118. The third kappa shape index (κ3) is 2.60. The van der Waals surface area contributed by atoms with E-state index >= 15 is 0 Å². The van der Waals surface area contributed by atoms with E-state index in [4.69, 9.17) is 4.74 Å². The number of benzene rings is 2. The third-order valence-electron chi connectivity index (χ3n) is 4.41. The van der Waals surface area contributed by atoms with Gasteiger partial charge in [-0.3, -0.25) is 4.79 Å². The Labute approximate surface area is 125 Å². The zero-order chi connectivity index (χ0) is 14.8. The maximum Gasteiger partial charge on any atom is 0.216 e. The molecule has 3 heteroatoms. The van der Waals surface area contributed by atoms with Crippen LogP contribution < -0.4 is 10.1 Å². The van der Waals surface area contributed by atoms with E-state index in [9.17, 15) is 4.79 Å². The minimum atomic E-state index is 0.0473. The molecule has 3 nitrogen and oxygen atoms in total. The highest BCUT2D eigenvalue weighted by atomic mass is 16.5. The van der Waals surface area contributed by atoms with Gasteiger partial charge in [0.15, 0.2) is 0 Å². The second kappa shape index (κ2) is 5.76. The molecule has 1 N–H and O–H groups in total. The number of hydrogen-bond acceptors (Lipinski definition) is 2. The van der Waals surface area contributed by atoms with Crippen LogP contribution in [0.25, 0.3) is 10.8 Å². The molecule has 2 aromatic carbocycles. The Bertz CT molecular complexity index is 678. The number of carbonyl (C=O) groups is 1. The summed E-state index contributed by atoms with van der Waals surface area (Å²) in [6.45, 7) is 2.32. The molecule has 0 aromatic heterocycles. The van der Waals surface area contributed by atoms with Crippen LogP contribution in [0.3, 0.4) is 0 Å². The van der Waals surface area contributed by atoms with Crippen molar-refractivity contribution in [2.24, 2.45) is 0 Å². The summed E-state index contributed by atoms with van der Waals surface area (Å²) in [5, 5.41) is 5.55. The van der Waals surface area contributed by atoms with Crippen LogP contribution in [0.4, 0.5) is 0 Å². The van der Waals surface area contributed by atoms with E-state index in [-0.39, 0.29) is 5.91 Å². The Balaban J connectivity index is 1.97. The maximum absolute atomic E-state index is 11.0. The monoisotopic (exact) mass is 283 g/mol. The highest BCUT2D eigenvalue weighted by Gasteiger charge is 2.23. The van der Waals surface area contributed by atoms with Crippen molar-refractivity contribution in [1.82, 2.24) is 5.32 Å². The molecule has 1 aliphatic carbocycles. The lowest BCUT2D eigenvalue weighted by atomic mass is 9.79. The summed E-state index contributed by atoms with van der Waals surface area (Å²) in [5.41, 5.74) is 2.74. The minimum Gasteiger partial charge on any atom is -0.496 e. The van der Waals surface area contributed by atoms with Gasteiger partial charge in [0.25, 0.3) is 0 Å². The van der Waals surface area contributed by atoms with Crippen LogP contribution in [-0.2, 0) is 11.2 Å². The SMILES string of the molecule is COc1ccc2cccc3c2c1CC[C@@H]3CCNC(C)=O. The van der Waals surface area contributed by atoms with Crippen molar-refractivity contribution in [3.63, 3.8) is 0 Å². The fourth-order valence-electron chi connectivity index (χ4n) is 3.44. The predicted octanol–water partition coefficient (Wildman–Crippen LogP) is 3.40. The van der Waals surface area contributed by atoms with Gasteiger partial charge in [-0.25, -0.2) is 0 Å². The van der Waals surface area contributed by atoms with Crippen molar-refractivity contribution < 1.29 is 9.53 Å². The molecule has 1 amide bonds. The summed E-state index contributed by atoms with van der Waals surface area (Å²) in [7, 11) is 1.74. The molecule has 1 aliphatic rings. The van der Waals surface area contributed by atoms with Gasteiger partial charge < -0.3 is 10.1 Å². The molecule has 0 unspecified atom stereocenters. The lowest BCUT2D eigenvalue weighted by Gasteiger charge is -2.27. The summed E-state index contributed by atoms with van der Waals surface area (Å²) in [5.74, 6) is 1.56. The van der Waals surface area contributed by atoms with Gasteiger partial charge in [0.2, 0.25) is 5.91 Å². The number of hydrogen-bond donors (Lipinski definition) is 1. The van der Waals surface area contributed by atoms with E-state index in [1.807, 2.05) is 0 Å². The molecular formula is C18H21NO2. The van der Waals surface area contributed by atoms with Gasteiger partial charge in [-0.05, 0) is 47.6 Å². The quantitative estimate of drug-likeness (QED) is 0.934. The number of nitrogens with one attached hydrogen (secondary N) is 1. The van der Waals surface area contributed by atoms with E-state index in [0.717, 1.165) is 31.6 Å². The number of ether oxygens (including phenoxy) is 1. The third-order valence-corrected chi connectivity index (χ3v) is 4.41. The molecule has 0 aliphatic heterocycles. The van der Waals surface area contributed by atoms with Crippen molar-refractivity contribution in [2.45, 2.75) is 32.1 Å². The average Bonchev–Trinajstić information content (AvgIpc) is 2.49. The van der Waals surface area contributed by atoms with Crippen LogP contribution >= 0.6 is 0 Å². The Morgan fingerprint density at radius 3 is 2.95 bits per heavy atom. The van der Waals surface area contributed by atoms with E-state index in [2.05, 4.69) is 35.6 Å². The Morgan fingerprint density at radius 2 is 2.19 bits per heavy atom. The predicted molar refractivity (Wildman–Crippen MR) is 84.9 cm³/mol. The zero-order valence-corrected chi connectivity index (χ0v) is 12.6. The van der Waals surface area contributed by atoms with E-state index in [1.54, 1.807) is 14.0 Å². The molecule has 0 radical (unpaired) electrons. The van der Waals surface area contributed by atoms with Crippen molar-refractivity contribution in [3.8, 4) is 5.75 Å². The normalized spacial score (nSPS) is 16.8. The number of carbonyl (C=O) groups excluding carboxylic acids is 1. The van der Waals surface area contributed by atoms with Crippen molar-refractivity contribution in [2.75, 3.05) is 13.7 Å². The standard InChI is InChI=1S/C18H21NO2/c1-12(20)19-11-10-13-6-8-16-17(21-2)9-7-14-4-3-5-15(13)18(14)16/h3-5,7,9,13H,6,8,10-11H2,1-2H3,(H,19,20)/t13-/m1/s1. The maximum atomic E-state index is 11.0. The topological polar surface area (TPSA) is 38.3 Å². The second-order valence-corrected chi connectivity index (χ2v) is 5.70. The summed E-state index contributed by atoms with van der Waals surface area (Å²) < 4.78 is 5.52. The average molecular weight is 283 g/mol. The van der Waals surface area contributed by atoms with Gasteiger partial charge in [-0.15, -0.1) is 0 Å². The van der Waals surface area contributed by atoms with Gasteiger partial charge >= 0.3 is 0 Å². The molecule has 0 fully saturated rings. The van der Waals surface area contributed by atoms with Crippen molar-refractivity contribution >= 4 is 16.7 Å². The van der Waals surface area contributed by atoms with Crippen LogP contribution in [0.5, 0.6) is 5.75 Å². The van der Waals surface area contributed by atoms with Gasteiger partial charge in [0.1, 0.15) is 5.75 Å². The second-order valence-electron chi connectivity index (χ2n) is 5.70. The van der Waals surface area contributed by atoms with Crippen LogP contribution in [-0.4, -0.2) is 19.6 Å². The van der Waals surface area contributed by atoms with Gasteiger partial charge in [-0.2, -0.15) is 0 Å². The molecule has 0 bridgehead atoms. The minimum absolute atomic E-state index is 0.0473. The molecule has 110 valence electrons. The number of amides is 1. The van der Waals surface area contributed by atoms with Crippen molar-refractivity contribution in [3.05, 3.63) is 41.5 Å². The van der Waals surface area contributed by atoms with E-state index < -0.39 is 0 Å². The van der Waals surface area contributed by atoms with Gasteiger partial charge in [0.05, 0.1) is 7.11 Å². The molecule has 0 heterocycles. The first kappa shape index (κ1) is 13.9. The molecule has 1 atom stereocenters. The fraction of sp³-hybridized carbons (Fsp3) is 0.389. The van der Waals surface area contributed by atoms with Crippen LogP contribution in [0.2, 0.25) is 0 Å². The summed E-state index contributed by atoms with van der Waals surface area (Å²) >= 11 is 0. The first-order chi connectivity index (χ1) is 10.2.